The summed E-state index contributed by atoms with van der Waals surface area (Å²) in [5.74, 6) is 0.889. The van der Waals surface area contributed by atoms with Gasteiger partial charge >= 0.3 is 0 Å². The fourth-order valence-electron chi connectivity index (χ4n) is 3.23. The fraction of sp³-hybridized carbons (Fsp3) is 0.647. The number of aliphatic hydroxyl groups is 1. The maximum atomic E-state index is 10.6. The molecule has 2 atom stereocenters. The van der Waals surface area contributed by atoms with Gasteiger partial charge in [0, 0.05) is 12.6 Å². The van der Waals surface area contributed by atoms with Crippen LogP contribution in [0.1, 0.15) is 38.7 Å². The highest BCUT2D eigenvalue weighted by Gasteiger charge is 2.39. The van der Waals surface area contributed by atoms with Crippen LogP contribution in [0.2, 0.25) is 0 Å². The van der Waals surface area contributed by atoms with E-state index in [0.717, 1.165) is 25.1 Å². The van der Waals surface area contributed by atoms with E-state index >= 15 is 0 Å². The van der Waals surface area contributed by atoms with Gasteiger partial charge in [-0.1, -0.05) is 32.4 Å². The Labute approximate surface area is 122 Å². The largest absolute Gasteiger partial charge is 0.497 e. The molecule has 1 aliphatic carbocycles. The first kappa shape index (κ1) is 15.3. The van der Waals surface area contributed by atoms with Crippen molar-refractivity contribution in [2.24, 2.45) is 5.41 Å². The van der Waals surface area contributed by atoms with Gasteiger partial charge in [0.15, 0.2) is 0 Å². The second kappa shape index (κ2) is 6.15. The predicted molar refractivity (Wildman–Crippen MR) is 81.9 cm³/mol. The molecule has 1 aliphatic rings. The van der Waals surface area contributed by atoms with Crippen molar-refractivity contribution < 1.29 is 9.84 Å². The van der Waals surface area contributed by atoms with Gasteiger partial charge in [0.25, 0.3) is 0 Å². The van der Waals surface area contributed by atoms with Crippen LogP contribution in [0.15, 0.2) is 24.3 Å². The molecule has 0 saturated heterocycles. The quantitative estimate of drug-likeness (QED) is 0.918. The molecule has 0 bridgehead atoms. The number of rotatable bonds is 4. The summed E-state index contributed by atoms with van der Waals surface area (Å²) in [6, 6.07) is 8.39. The van der Waals surface area contributed by atoms with Gasteiger partial charge in [-0.3, -0.25) is 4.90 Å². The van der Waals surface area contributed by atoms with Crippen LogP contribution >= 0.6 is 0 Å². The molecule has 1 aromatic rings. The van der Waals surface area contributed by atoms with Crippen molar-refractivity contribution in [1.82, 2.24) is 4.90 Å². The normalized spacial score (nSPS) is 25.7. The summed E-state index contributed by atoms with van der Waals surface area (Å²) in [6.07, 6.45) is 3.12. The minimum atomic E-state index is -0.258. The molecule has 1 fully saturated rings. The third kappa shape index (κ3) is 3.33. The van der Waals surface area contributed by atoms with E-state index in [-0.39, 0.29) is 17.6 Å². The second-order valence-corrected chi connectivity index (χ2v) is 6.66. The lowest BCUT2D eigenvalue weighted by atomic mass is 9.72. The van der Waals surface area contributed by atoms with E-state index in [4.69, 9.17) is 4.74 Å². The van der Waals surface area contributed by atoms with Gasteiger partial charge in [0.2, 0.25) is 0 Å². The number of hydrogen-bond acceptors (Lipinski definition) is 3. The van der Waals surface area contributed by atoms with Gasteiger partial charge in [0.1, 0.15) is 5.75 Å². The molecule has 112 valence electrons. The summed E-state index contributed by atoms with van der Waals surface area (Å²) < 4.78 is 5.27. The highest BCUT2D eigenvalue weighted by atomic mass is 16.5. The molecule has 0 aromatic heterocycles. The molecule has 0 amide bonds. The predicted octanol–water partition coefficient (Wildman–Crippen LogP) is 3.07. The third-order valence-electron chi connectivity index (χ3n) is 4.62. The van der Waals surface area contributed by atoms with Gasteiger partial charge < -0.3 is 9.84 Å². The van der Waals surface area contributed by atoms with Crippen LogP contribution in [0, 0.1) is 5.41 Å². The topological polar surface area (TPSA) is 32.7 Å². The lowest BCUT2D eigenvalue weighted by molar-refractivity contribution is -0.0524. The lowest BCUT2D eigenvalue weighted by Gasteiger charge is -2.44. The molecule has 2 unspecified atom stereocenters. The zero-order chi connectivity index (χ0) is 14.8. The molecule has 0 spiro atoms. The Kier molecular flexibility index (Phi) is 4.71. The van der Waals surface area contributed by atoms with Crippen molar-refractivity contribution in [2.75, 3.05) is 14.2 Å². The average Bonchev–Trinajstić information content (AvgIpc) is 2.42. The van der Waals surface area contributed by atoms with Gasteiger partial charge in [-0.25, -0.2) is 0 Å². The van der Waals surface area contributed by atoms with Gasteiger partial charge in [-0.2, -0.15) is 0 Å². The Hall–Kier alpha value is -1.06. The number of likely N-dealkylation sites (N-methyl/N-ethyl adjacent to an activating group) is 1. The number of nitrogens with zero attached hydrogens (tertiary/aromatic N) is 1. The van der Waals surface area contributed by atoms with E-state index in [1.54, 1.807) is 7.11 Å². The number of ether oxygens (including phenoxy) is 1. The summed E-state index contributed by atoms with van der Waals surface area (Å²) >= 11 is 0. The Morgan fingerprint density at radius 2 is 2.15 bits per heavy atom. The van der Waals surface area contributed by atoms with Crippen LogP contribution in [0.4, 0.5) is 0 Å². The molecule has 2 rings (SSSR count). The number of aliphatic hydroxyl groups excluding tert-OH is 1. The second-order valence-electron chi connectivity index (χ2n) is 6.66. The Bertz CT molecular complexity index is 444. The lowest BCUT2D eigenvalue weighted by Crippen LogP contribution is -2.50. The molecule has 0 aliphatic heterocycles. The zero-order valence-electron chi connectivity index (χ0n) is 13.1. The van der Waals surface area contributed by atoms with E-state index < -0.39 is 0 Å². The van der Waals surface area contributed by atoms with Crippen LogP contribution in [0.5, 0.6) is 5.75 Å². The summed E-state index contributed by atoms with van der Waals surface area (Å²) in [5.41, 5.74) is 1.24. The molecule has 1 aromatic carbocycles. The Morgan fingerprint density at radius 1 is 1.40 bits per heavy atom. The molecular formula is C17H27NO2. The van der Waals surface area contributed by atoms with Gasteiger partial charge in [-0.05, 0) is 43.0 Å². The van der Waals surface area contributed by atoms with E-state index in [1.807, 2.05) is 12.1 Å². The number of methoxy groups -OCH3 is 1. The highest BCUT2D eigenvalue weighted by Crippen LogP contribution is 2.37. The zero-order valence-corrected chi connectivity index (χ0v) is 13.1. The van der Waals surface area contributed by atoms with E-state index in [0.29, 0.717) is 0 Å². The maximum absolute atomic E-state index is 10.6. The first-order valence-electron chi connectivity index (χ1n) is 7.45. The van der Waals surface area contributed by atoms with E-state index in [9.17, 15) is 5.11 Å². The first-order chi connectivity index (χ1) is 9.44. The average molecular weight is 277 g/mol. The van der Waals surface area contributed by atoms with Crippen molar-refractivity contribution in [1.29, 1.82) is 0 Å². The van der Waals surface area contributed by atoms with Crippen molar-refractivity contribution >= 4 is 0 Å². The first-order valence-corrected chi connectivity index (χ1v) is 7.45. The van der Waals surface area contributed by atoms with Crippen LogP contribution in [-0.2, 0) is 6.54 Å². The molecule has 1 saturated carbocycles. The fourth-order valence-corrected chi connectivity index (χ4v) is 3.23. The highest BCUT2D eigenvalue weighted by molar-refractivity contribution is 5.28. The summed E-state index contributed by atoms with van der Waals surface area (Å²) in [6.45, 7) is 5.18. The molecule has 3 nitrogen and oxygen atoms in total. The van der Waals surface area contributed by atoms with Crippen LogP contribution < -0.4 is 4.74 Å². The molecular weight excluding hydrogens is 250 g/mol. The standard InChI is InChI=1S/C17H27NO2/c1-17(2)10-6-9-15(16(17)19)18(3)12-13-7-5-8-14(11-13)20-4/h5,7-8,11,15-16,19H,6,9-10,12H2,1-4H3. The van der Waals surface area contributed by atoms with Crippen molar-refractivity contribution in [3.63, 3.8) is 0 Å². The smallest absolute Gasteiger partial charge is 0.119 e. The van der Waals surface area contributed by atoms with Crippen LogP contribution in [0.3, 0.4) is 0 Å². The van der Waals surface area contributed by atoms with E-state index in [1.165, 1.54) is 12.0 Å². The monoisotopic (exact) mass is 277 g/mol. The Morgan fingerprint density at radius 3 is 2.85 bits per heavy atom. The molecule has 0 radical (unpaired) electrons. The molecule has 1 N–H and O–H groups in total. The number of hydrogen-bond donors (Lipinski definition) is 1. The van der Waals surface area contributed by atoms with E-state index in [2.05, 4.69) is 37.9 Å². The third-order valence-corrected chi connectivity index (χ3v) is 4.62. The summed E-state index contributed by atoms with van der Waals surface area (Å²) in [7, 11) is 3.80. The summed E-state index contributed by atoms with van der Waals surface area (Å²) in [4.78, 5) is 2.28. The number of benzene rings is 1. The van der Waals surface area contributed by atoms with Gasteiger partial charge in [0.05, 0.1) is 13.2 Å². The van der Waals surface area contributed by atoms with Crippen molar-refractivity contribution in [2.45, 2.75) is 51.8 Å². The van der Waals surface area contributed by atoms with Crippen LogP contribution in [-0.4, -0.2) is 36.3 Å². The minimum absolute atomic E-state index is 0.0194. The van der Waals surface area contributed by atoms with Crippen molar-refractivity contribution in [3.8, 4) is 5.75 Å². The van der Waals surface area contributed by atoms with Crippen LogP contribution in [0.25, 0.3) is 0 Å². The Balaban J connectivity index is 2.05. The summed E-state index contributed by atoms with van der Waals surface area (Å²) in [5, 5.41) is 10.6. The van der Waals surface area contributed by atoms with Crippen molar-refractivity contribution in [3.05, 3.63) is 29.8 Å². The molecule has 3 heteroatoms. The molecule has 20 heavy (non-hydrogen) atoms. The SMILES string of the molecule is COc1cccc(CN(C)C2CCCC(C)(C)C2O)c1. The maximum Gasteiger partial charge on any atom is 0.119 e. The van der Waals surface area contributed by atoms with Gasteiger partial charge in [-0.15, -0.1) is 0 Å². The molecule has 0 heterocycles. The minimum Gasteiger partial charge on any atom is -0.497 e.